The van der Waals surface area contributed by atoms with Gasteiger partial charge in [-0.2, -0.15) is 0 Å². The molecule has 0 heterocycles. The fourth-order valence-electron chi connectivity index (χ4n) is 2.60. The van der Waals surface area contributed by atoms with Crippen LogP contribution in [0.4, 0.5) is 0 Å². The number of aryl methyl sites for hydroxylation is 1. The monoisotopic (exact) mass is 345 g/mol. The van der Waals surface area contributed by atoms with Gasteiger partial charge in [-0.05, 0) is 55.5 Å². The zero-order valence-electron chi connectivity index (χ0n) is 14.3. The van der Waals surface area contributed by atoms with Gasteiger partial charge < -0.3 is 14.8 Å². The van der Waals surface area contributed by atoms with Crippen LogP contribution in [-0.4, -0.2) is 12.6 Å². The molecule has 0 unspecified atom stereocenters. The van der Waals surface area contributed by atoms with Crippen LogP contribution >= 0.6 is 11.6 Å². The van der Waals surface area contributed by atoms with Crippen molar-refractivity contribution in [2.45, 2.75) is 45.9 Å². The van der Waals surface area contributed by atoms with E-state index in [0.717, 1.165) is 17.7 Å². The van der Waals surface area contributed by atoms with E-state index in [1.54, 1.807) is 0 Å². The number of halogens is 1. The van der Waals surface area contributed by atoms with Gasteiger partial charge in [0.25, 0.3) is 0 Å². The largest absolute Gasteiger partial charge is 0.490 e. The Bertz CT molecular complexity index is 698. The van der Waals surface area contributed by atoms with Crippen molar-refractivity contribution in [2.75, 3.05) is 6.61 Å². The van der Waals surface area contributed by atoms with Crippen LogP contribution in [-0.2, 0) is 13.2 Å². The lowest BCUT2D eigenvalue weighted by Crippen LogP contribution is -2.15. The second-order valence-electron chi connectivity index (χ2n) is 6.21. The number of ether oxygens (including phenoxy) is 2. The smallest absolute Gasteiger partial charge is 0.180 e. The minimum absolute atomic E-state index is 0.478. The quantitative estimate of drug-likeness (QED) is 0.739. The molecule has 4 heteroatoms. The van der Waals surface area contributed by atoms with Gasteiger partial charge in [0.2, 0.25) is 0 Å². The molecule has 0 saturated heterocycles. The normalized spacial score (nSPS) is 13.8. The maximum absolute atomic E-state index is 6.47. The third-order valence-corrected chi connectivity index (χ3v) is 4.46. The Hall–Kier alpha value is -1.71. The lowest BCUT2D eigenvalue weighted by atomic mass is 10.1. The standard InChI is InChI=1S/C20H24ClNO2/c1-3-23-19-11-15(12-22-17-8-9-17)10-18(21)20(19)24-13-16-7-5-4-6-14(16)2/h4-7,10-11,17,22H,3,8-9,12-13H2,1-2H3. The minimum atomic E-state index is 0.478. The Morgan fingerprint density at radius 1 is 1.17 bits per heavy atom. The molecular formula is C20H24ClNO2. The van der Waals surface area contributed by atoms with Crippen LogP contribution in [0.15, 0.2) is 36.4 Å². The summed E-state index contributed by atoms with van der Waals surface area (Å²) in [5.41, 5.74) is 3.48. The van der Waals surface area contributed by atoms with E-state index in [9.17, 15) is 0 Å². The third kappa shape index (κ3) is 4.43. The van der Waals surface area contributed by atoms with Gasteiger partial charge in [-0.25, -0.2) is 0 Å². The van der Waals surface area contributed by atoms with Crippen LogP contribution in [0.2, 0.25) is 5.02 Å². The van der Waals surface area contributed by atoms with Crippen molar-refractivity contribution in [3.8, 4) is 11.5 Å². The molecule has 0 aliphatic heterocycles. The molecule has 1 N–H and O–H groups in total. The Balaban J connectivity index is 1.75. The average molecular weight is 346 g/mol. The van der Waals surface area contributed by atoms with Gasteiger partial charge in [0, 0.05) is 12.6 Å². The van der Waals surface area contributed by atoms with E-state index < -0.39 is 0 Å². The van der Waals surface area contributed by atoms with Crippen LogP contribution in [0.3, 0.4) is 0 Å². The summed E-state index contributed by atoms with van der Waals surface area (Å²) >= 11 is 6.47. The zero-order chi connectivity index (χ0) is 16.9. The highest BCUT2D eigenvalue weighted by Crippen LogP contribution is 2.37. The first kappa shape index (κ1) is 17.1. The first-order chi connectivity index (χ1) is 11.7. The summed E-state index contributed by atoms with van der Waals surface area (Å²) in [6, 6.07) is 12.8. The summed E-state index contributed by atoms with van der Waals surface area (Å²) in [5.74, 6) is 1.34. The number of hydrogen-bond donors (Lipinski definition) is 1. The summed E-state index contributed by atoms with van der Waals surface area (Å²) in [5, 5.41) is 4.10. The Labute approximate surface area is 148 Å². The van der Waals surface area contributed by atoms with Crippen LogP contribution in [0.1, 0.15) is 36.5 Å². The molecule has 0 atom stereocenters. The molecule has 3 nitrogen and oxygen atoms in total. The first-order valence-corrected chi connectivity index (χ1v) is 8.91. The third-order valence-electron chi connectivity index (χ3n) is 4.17. The van der Waals surface area contributed by atoms with Crippen LogP contribution in [0, 0.1) is 6.92 Å². The predicted molar refractivity (Wildman–Crippen MR) is 98.0 cm³/mol. The fraction of sp³-hybridized carbons (Fsp3) is 0.400. The van der Waals surface area contributed by atoms with Gasteiger partial charge in [-0.3, -0.25) is 0 Å². The Kier molecular flexibility index (Phi) is 5.64. The van der Waals surface area contributed by atoms with Crippen molar-refractivity contribution < 1.29 is 9.47 Å². The molecule has 3 rings (SSSR count). The maximum atomic E-state index is 6.47. The van der Waals surface area contributed by atoms with Crippen LogP contribution < -0.4 is 14.8 Å². The van der Waals surface area contributed by atoms with Crippen molar-refractivity contribution in [1.29, 1.82) is 0 Å². The molecule has 1 fully saturated rings. The SMILES string of the molecule is CCOc1cc(CNC2CC2)cc(Cl)c1OCc1ccccc1C. The highest BCUT2D eigenvalue weighted by molar-refractivity contribution is 6.32. The van der Waals surface area contributed by atoms with Crippen molar-refractivity contribution in [3.05, 3.63) is 58.1 Å². The molecule has 24 heavy (non-hydrogen) atoms. The number of benzene rings is 2. The number of rotatable bonds is 8. The van der Waals surface area contributed by atoms with Crippen molar-refractivity contribution in [3.63, 3.8) is 0 Å². The van der Waals surface area contributed by atoms with Gasteiger partial charge in [-0.1, -0.05) is 35.9 Å². The van der Waals surface area contributed by atoms with Gasteiger partial charge in [0.1, 0.15) is 6.61 Å². The minimum Gasteiger partial charge on any atom is -0.490 e. The molecule has 1 saturated carbocycles. The summed E-state index contributed by atoms with van der Waals surface area (Å²) in [4.78, 5) is 0. The second-order valence-corrected chi connectivity index (χ2v) is 6.62. The lowest BCUT2D eigenvalue weighted by molar-refractivity contribution is 0.268. The van der Waals surface area contributed by atoms with E-state index in [4.69, 9.17) is 21.1 Å². The molecule has 0 bridgehead atoms. The van der Waals surface area contributed by atoms with Gasteiger partial charge in [-0.15, -0.1) is 0 Å². The molecule has 1 aliphatic rings. The molecule has 2 aromatic carbocycles. The van der Waals surface area contributed by atoms with E-state index >= 15 is 0 Å². The molecule has 0 amide bonds. The van der Waals surface area contributed by atoms with Crippen molar-refractivity contribution in [2.24, 2.45) is 0 Å². The molecule has 2 aromatic rings. The molecule has 0 spiro atoms. The highest BCUT2D eigenvalue weighted by atomic mass is 35.5. The summed E-state index contributed by atoms with van der Waals surface area (Å²) in [6.07, 6.45) is 2.54. The molecular weight excluding hydrogens is 322 g/mol. The van der Waals surface area contributed by atoms with Gasteiger partial charge in [0.15, 0.2) is 11.5 Å². The fourth-order valence-corrected chi connectivity index (χ4v) is 2.89. The Morgan fingerprint density at radius 2 is 1.96 bits per heavy atom. The van der Waals surface area contributed by atoms with Crippen LogP contribution in [0.5, 0.6) is 11.5 Å². The lowest BCUT2D eigenvalue weighted by Gasteiger charge is -2.16. The first-order valence-electron chi connectivity index (χ1n) is 8.53. The second kappa shape index (κ2) is 7.91. The van der Waals surface area contributed by atoms with E-state index in [2.05, 4.69) is 24.4 Å². The summed E-state index contributed by atoms with van der Waals surface area (Å²) < 4.78 is 11.8. The Morgan fingerprint density at radius 3 is 2.67 bits per heavy atom. The summed E-state index contributed by atoms with van der Waals surface area (Å²) in [7, 11) is 0. The van der Waals surface area contributed by atoms with E-state index in [1.807, 2.05) is 31.2 Å². The molecule has 0 radical (unpaired) electrons. The zero-order valence-corrected chi connectivity index (χ0v) is 15.0. The average Bonchev–Trinajstić information content (AvgIpc) is 3.38. The maximum Gasteiger partial charge on any atom is 0.180 e. The van der Waals surface area contributed by atoms with E-state index in [1.165, 1.54) is 18.4 Å². The van der Waals surface area contributed by atoms with Crippen LogP contribution in [0.25, 0.3) is 0 Å². The van der Waals surface area contributed by atoms with Gasteiger partial charge >= 0.3 is 0 Å². The topological polar surface area (TPSA) is 30.5 Å². The van der Waals surface area contributed by atoms with Crippen molar-refractivity contribution >= 4 is 11.6 Å². The number of nitrogens with one attached hydrogen (secondary N) is 1. The van der Waals surface area contributed by atoms with Gasteiger partial charge in [0.05, 0.1) is 11.6 Å². The number of hydrogen-bond acceptors (Lipinski definition) is 3. The highest BCUT2D eigenvalue weighted by Gasteiger charge is 2.21. The van der Waals surface area contributed by atoms with Crippen molar-refractivity contribution in [1.82, 2.24) is 5.32 Å². The molecule has 0 aromatic heterocycles. The summed E-state index contributed by atoms with van der Waals surface area (Å²) in [6.45, 7) is 5.91. The van der Waals surface area contributed by atoms with E-state index in [0.29, 0.717) is 35.8 Å². The van der Waals surface area contributed by atoms with E-state index in [-0.39, 0.29) is 0 Å². The molecule has 128 valence electrons. The predicted octanol–water partition coefficient (Wildman–Crippen LogP) is 4.88. The molecule has 1 aliphatic carbocycles.